The summed E-state index contributed by atoms with van der Waals surface area (Å²) >= 11 is 0. The Labute approximate surface area is 117 Å². The molecule has 0 atom stereocenters. The summed E-state index contributed by atoms with van der Waals surface area (Å²) in [5.41, 5.74) is 1.91. The fourth-order valence-electron chi connectivity index (χ4n) is 2.88. The molecule has 0 saturated heterocycles. The van der Waals surface area contributed by atoms with Crippen molar-refractivity contribution in [3.63, 3.8) is 0 Å². The minimum atomic E-state index is -0.329. The van der Waals surface area contributed by atoms with Gasteiger partial charge in [-0.2, -0.15) is 10.4 Å². The zero-order valence-corrected chi connectivity index (χ0v) is 11.2. The highest BCUT2D eigenvalue weighted by Gasteiger charge is 2.17. The lowest BCUT2D eigenvalue weighted by atomic mass is 9.96. The molecule has 1 saturated carbocycles. The van der Waals surface area contributed by atoms with Crippen LogP contribution in [0.5, 0.6) is 0 Å². The van der Waals surface area contributed by atoms with Gasteiger partial charge in [0.1, 0.15) is 5.82 Å². The maximum Gasteiger partial charge on any atom is 0.123 e. The van der Waals surface area contributed by atoms with Gasteiger partial charge in [0.25, 0.3) is 0 Å². The van der Waals surface area contributed by atoms with Crippen LogP contribution in [-0.2, 0) is 0 Å². The molecule has 0 unspecified atom stereocenters. The van der Waals surface area contributed by atoms with Crippen LogP contribution in [-0.4, -0.2) is 9.78 Å². The maximum atomic E-state index is 13.4. The van der Waals surface area contributed by atoms with E-state index in [-0.39, 0.29) is 5.82 Å². The Bertz CT molecular complexity index is 648. The summed E-state index contributed by atoms with van der Waals surface area (Å²) in [6, 6.07) is 6.78. The molecule has 3 nitrogen and oxygen atoms in total. The van der Waals surface area contributed by atoms with E-state index in [1.807, 2.05) is 10.9 Å². The van der Waals surface area contributed by atoms with Gasteiger partial charge in [0, 0.05) is 17.3 Å². The summed E-state index contributed by atoms with van der Waals surface area (Å²) in [6.07, 6.45) is 9.74. The van der Waals surface area contributed by atoms with Gasteiger partial charge >= 0.3 is 0 Å². The van der Waals surface area contributed by atoms with E-state index in [2.05, 4.69) is 11.2 Å². The van der Waals surface area contributed by atoms with Crippen molar-refractivity contribution < 1.29 is 4.39 Å². The molecule has 2 aromatic rings. The zero-order chi connectivity index (χ0) is 13.9. The zero-order valence-electron chi connectivity index (χ0n) is 11.2. The van der Waals surface area contributed by atoms with Gasteiger partial charge in [-0.15, -0.1) is 0 Å². The molecule has 1 aliphatic rings. The van der Waals surface area contributed by atoms with Crippen LogP contribution in [0.4, 0.5) is 4.39 Å². The number of aromatic nitrogens is 2. The Morgan fingerprint density at radius 1 is 1.25 bits per heavy atom. The molecule has 1 aromatic heterocycles. The van der Waals surface area contributed by atoms with Crippen molar-refractivity contribution >= 4 is 0 Å². The molecule has 0 bridgehead atoms. The number of nitriles is 1. The fourth-order valence-corrected chi connectivity index (χ4v) is 2.88. The first-order valence-corrected chi connectivity index (χ1v) is 7.02. The molecule has 4 heteroatoms. The van der Waals surface area contributed by atoms with Gasteiger partial charge in [-0.25, -0.2) is 4.39 Å². The summed E-state index contributed by atoms with van der Waals surface area (Å²) in [5.74, 6) is -0.329. The van der Waals surface area contributed by atoms with Crippen LogP contribution in [0.25, 0.3) is 11.1 Å². The molecular weight excluding hydrogens is 253 g/mol. The van der Waals surface area contributed by atoms with Crippen LogP contribution < -0.4 is 0 Å². The number of hydrogen-bond donors (Lipinski definition) is 0. The van der Waals surface area contributed by atoms with Crippen molar-refractivity contribution in [3.05, 3.63) is 42.0 Å². The lowest BCUT2D eigenvalue weighted by Crippen LogP contribution is -2.12. The molecular formula is C16H16FN3. The van der Waals surface area contributed by atoms with Crippen molar-refractivity contribution in [2.75, 3.05) is 0 Å². The maximum absolute atomic E-state index is 13.4. The van der Waals surface area contributed by atoms with Gasteiger partial charge in [-0.05, 0) is 31.0 Å². The van der Waals surface area contributed by atoms with Crippen LogP contribution >= 0.6 is 0 Å². The van der Waals surface area contributed by atoms with Crippen LogP contribution in [0.3, 0.4) is 0 Å². The van der Waals surface area contributed by atoms with Crippen LogP contribution in [0.15, 0.2) is 30.6 Å². The second kappa shape index (κ2) is 5.46. The third kappa shape index (κ3) is 2.44. The van der Waals surface area contributed by atoms with E-state index in [4.69, 9.17) is 5.26 Å². The average Bonchev–Trinajstić information content (AvgIpc) is 2.98. The molecule has 1 heterocycles. The van der Waals surface area contributed by atoms with Gasteiger partial charge in [-0.3, -0.25) is 4.68 Å². The van der Waals surface area contributed by atoms with E-state index < -0.39 is 0 Å². The van der Waals surface area contributed by atoms with Crippen molar-refractivity contribution in [2.24, 2.45) is 0 Å². The van der Waals surface area contributed by atoms with Crippen molar-refractivity contribution in [1.82, 2.24) is 9.78 Å². The summed E-state index contributed by atoms with van der Waals surface area (Å²) in [5, 5.41) is 13.5. The summed E-state index contributed by atoms with van der Waals surface area (Å²) in [6.45, 7) is 0. The molecule has 0 spiro atoms. The Balaban J connectivity index is 1.94. The van der Waals surface area contributed by atoms with E-state index >= 15 is 0 Å². The number of benzene rings is 1. The number of hydrogen-bond acceptors (Lipinski definition) is 2. The highest BCUT2D eigenvalue weighted by molar-refractivity contribution is 5.69. The lowest BCUT2D eigenvalue weighted by Gasteiger charge is -2.21. The number of rotatable bonds is 2. The van der Waals surface area contributed by atoms with Crippen molar-refractivity contribution in [2.45, 2.75) is 38.1 Å². The molecule has 1 aromatic carbocycles. The largest absolute Gasteiger partial charge is 0.269 e. The predicted octanol–water partition coefficient (Wildman–Crippen LogP) is 4.07. The number of halogens is 1. The smallest absolute Gasteiger partial charge is 0.123 e. The molecule has 3 rings (SSSR count). The normalized spacial score (nSPS) is 16.0. The minimum Gasteiger partial charge on any atom is -0.269 e. The van der Waals surface area contributed by atoms with Gasteiger partial charge in [0.15, 0.2) is 0 Å². The molecule has 1 fully saturated rings. The lowest BCUT2D eigenvalue weighted by molar-refractivity contribution is 0.329. The highest BCUT2D eigenvalue weighted by Crippen LogP contribution is 2.30. The first-order valence-electron chi connectivity index (χ1n) is 7.02. The second-order valence-electron chi connectivity index (χ2n) is 5.30. The highest BCUT2D eigenvalue weighted by atomic mass is 19.1. The summed E-state index contributed by atoms with van der Waals surface area (Å²) < 4.78 is 15.4. The van der Waals surface area contributed by atoms with Crippen molar-refractivity contribution in [1.29, 1.82) is 5.26 Å². The van der Waals surface area contributed by atoms with E-state index in [9.17, 15) is 4.39 Å². The second-order valence-corrected chi connectivity index (χ2v) is 5.30. The van der Waals surface area contributed by atoms with Gasteiger partial charge < -0.3 is 0 Å². The van der Waals surface area contributed by atoms with E-state index in [1.165, 1.54) is 37.5 Å². The standard InChI is InChI=1S/C16H16FN3/c17-14-7-6-12(9-18)16(8-14)13-10-19-20(11-13)15-4-2-1-3-5-15/h6-8,10-11,15H,1-5H2. The summed E-state index contributed by atoms with van der Waals surface area (Å²) in [4.78, 5) is 0. The van der Waals surface area contributed by atoms with E-state index in [0.717, 1.165) is 18.4 Å². The van der Waals surface area contributed by atoms with E-state index in [1.54, 1.807) is 6.20 Å². The Morgan fingerprint density at radius 3 is 2.80 bits per heavy atom. The third-order valence-electron chi connectivity index (χ3n) is 3.96. The SMILES string of the molecule is N#Cc1ccc(F)cc1-c1cnn(C2CCCCC2)c1. The van der Waals surface area contributed by atoms with E-state index in [0.29, 0.717) is 17.2 Å². The quantitative estimate of drug-likeness (QED) is 0.824. The predicted molar refractivity (Wildman–Crippen MR) is 74.5 cm³/mol. The molecule has 0 radical (unpaired) electrons. The number of nitrogens with zero attached hydrogens (tertiary/aromatic N) is 3. The molecule has 20 heavy (non-hydrogen) atoms. The topological polar surface area (TPSA) is 41.6 Å². The van der Waals surface area contributed by atoms with Gasteiger partial charge in [-0.1, -0.05) is 19.3 Å². The Kier molecular flexibility index (Phi) is 3.51. The average molecular weight is 269 g/mol. The van der Waals surface area contributed by atoms with Gasteiger partial charge in [0.05, 0.1) is 23.9 Å². The summed E-state index contributed by atoms with van der Waals surface area (Å²) in [7, 11) is 0. The molecule has 0 aliphatic heterocycles. The van der Waals surface area contributed by atoms with Gasteiger partial charge in [0.2, 0.25) is 0 Å². The Hall–Kier alpha value is -2.15. The van der Waals surface area contributed by atoms with Crippen LogP contribution in [0, 0.1) is 17.1 Å². The fraction of sp³-hybridized carbons (Fsp3) is 0.375. The minimum absolute atomic E-state index is 0.329. The van der Waals surface area contributed by atoms with Crippen LogP contribution in [0.1, 0.15) is 43.7 Å². The molecule has 102 valence electrons. The molecule has 1 aliphatic carbocycles. The first kappa shape index (κ1) is 12.9. The molecule has 0 N–H and O–H groups in total. The molecule has 0 amide bonds. The Morgan fingerprint density at radius 2 is 2.05 bits per heavy atom. The van der Waals surface area contributed by atoms with Crippen LogP contribution in [0.2, 0.25) is 0 Å². The van der Waals surface area contributed by atoms with Crippen molar-refractivity contribution in [3.8, 4) is 17.2 Å². The first-order chi connectivity index (χ1) is 9.78. The monoisotopic (exact) mass is 269 g/mol. The third-order valence-corrected chi connectivity index (χ3v) is 3.96.